The predicted octanol–water partition coefficient (Wildman–Crippen LogP) is 15.4. The number of nitrogens with zero attached hydrogens (tertiary/aromatic N) is 1. The molecule has 0 bridgehead atoms. The van der Waals surface area contributed by atoms with Crippen molar-refractivity contribution in [2.75, 3.05) is 59.3 Å². The SMILES string of the molecule is CCCCC/C=C\C/C=C\CCCCCCCCOCC(CN1CC[C@@]2(C)OC(C)(C)O[C@@]2(C)C1)OCCOCCO[C@@]1(C)CCC2C(=CCC3C2CCC2C3CC[C@]2(C)CCCCC(C)C)C1. The molecule has 7 nitrogen and oxygen atoms in total. The minimum atomic E-state index is -0.571. The van der Waals surface area contributed by atoms with Crippen molar-refractivity contribution in [1.82, 2.24) is 4.90 Å². The van der Waals surface area contributed by atoms with Crippen molar-refractivity contribution in [3.05, 3.63) is 36.0 Å². The number of ether oxygens (including phenoxy) is 6. The van der Waals surface area contributed by atoms with E-state index in [1.165, 1.54) is 135 Å². The second-order valence-corrected chi connectivity index (χ2v) is 25.0. The Morgan fingerprint density at radius 3 is 2.21 bits per heavy atom. The van der Waals surface area contributed by atoms with Gasteiger partial charge < -0.3 is 28.4 Å². The first-order valence-corrected chi connectivity index (χ1v) is 29.2. The first-order valence-electron chi connectivity index (χ1n) is 29.2. The zero-order valence-corrected chi connectivity index (χ0v) is 45.9. The average molecular weight is 951 g/mol. The normalized spacial score (nSPS) is 34.1. The topological polar surface area (TPSA) is 58.6 Å². The summed E-state index contributed by atoms with van der Waals surface area (Å²) in [6.07, 6.45) is 44.6. The maximum Gasteiger partial charge on any atom is 0.164 e. The summed E-state index contributed by atoms with van der Waals surface area (Å²) in [6, 6.07) is 0. The fraction of sp³-hybridized carbons (Fsp3) is 0.902. The molecule has 10 atom stereocenters. The third kappa shape index (κ3) is 16.5. The highest BCUT2D eigenvalue weighted by Gasteiger charge is 2.60. The number of allylic oxidation sites excluding steroid dienone is 5. The molecule has 2 heterocycles. The van der Waals surface area contributed by atoms with Gasteiger partial charge in [0.2, 0.25) is 0 Å². The van der Waals surface area contributed by atoms with Gasteiger partial charge in [-0.05, 0) is 178 Å². The lowest BCUT2D eigenvalue weighted by molar-refractivity contribution is -0.165. The van der Waals surface area contributed by atoms with Crippen LogP contribution >= 0.6 is 0 Å². The Morgan fingerprint density at radius 2 is 1.43 bits per heavy atom. The quantitative estimate of drug-likeness (QED) is 0.0492. The van der Waals surface area contributed by atoms with Crippen LogP contribution in [-0.4, -0.2) is 92.9 Å². The second kappa shape index (κ2) is 27.3. The molecule has 7 heteroatoms. The lowest BCUT2D eigenvalue weighted by atomic mass is 9.54. The van der Waals surface area contributed by atoms with E-state index in [9.17, 15) is 0 Å². The molecule has 0 N–H and O–H groups in total. The van der Waals surface area contributed by atoms with E-state index in [1.54, 1.807) is 5.57 Å². The number of hydrogen-bond donors (Lipinski definition) is 0. The second-order valence-electron chi connectivity index (χ2n) is 25.0. The Morgan fingerprint density at radius 1 is 0.691 bits per heavy atom. The van der Waals surface area contributed by atoms with E-state index in [0.717, 1.165) is 87.4 Å². The summed E-state index contributed by atoms with van der Waals surface area (Å²) < 4.78 is 38.8. The van der Waals surface area contributed by atoms with Crippen molar-refractivity contribution in [2.24, 2.45) is 40.9 Å². The van der Waals surface area contributed by atoms with Gasteiger partial charge in [0.15, 0.2) is 5.79 Å². The van der Waals surface area contributed by atoms with Crippen LogP contribution < -0.4 is 0 Å². The Hall–Kier alpha value is -1.06. The molecule has 0 aromatic heterocycles. The monoisotopic (exact) mass is 950 g/mol. The van der Waals surface area contributed by atoms with Crippen LogP contribution in [0.3, 0.4) is 0 Å². The van der Waals surface area contributed by atoms with E-state index in [1.807, 2.05) is 13.8 Å². The van der Waals surface area contributed by atoms with Crippen molar-refractivity contribution in [3.63, 3.8) is 0 Å². The van der Waals surface area contributed by atoms with Crippen LogP contribution in [0.1, 0.15) is 223 Å². The number of likely N-dealkylation sites (tertiary alicyclic amines) is 1. The minimum absolute atomic E-state index is 0.0204. The summed E-state index contributed by atoms with van der Waals surface area (Å²) in [5.74, 6) is 4.84. The van der Waals surface area contributed by atoms with Gasteiger partial charge in [-0.1, -0.05) is 121 Å². The maximum atomic E-state index is 6.69. The largest absolute Gasteiger partial charge is 0.379 e. The molecule has 0 radical (unpaired) electrons. The summed E-state index contributed by atoms with van der Waals surface area (Å²) in [7, 11) is 0. The van der Waals surface area contributed by atoms with E-state index >= 15 is 0 Å². The summed E-state index contributed by atoms with van der Waals surface area (Å²) in [6.45, 7) is 27.0. The first kappa shape index (κ1) is 56.2. The van der Waals surface area contributed by atoms with E-state index in [0.29, 0.717) is 38.4 Å². The highest BCUT2D eigenvalue weighted by atomic mass is 16.8. The molecule has 0 amide bonds. The molecule has 68 heavy (non-hydrogen) atoms. The van der Waals surface area contributed by atoms with Gasteiger partial charge in [-0.2, -0.15) is 0 Å². The molecule has 3 saturated carbocycles. The molecule has 5 fully saturated rings. The smallest absolute Gasteiger partial charge is 0.164 e. The number of piperidine rings is 1. The van der Waals surface area contributed by atoms with Gasteiger partial charge in [-0.15, -0.1) is 0 Å². The van der Waals surface area contributed by atoms with Gasteiger partial charge in [0.25, 0.3) is 0 Å². The van der Waals surface area contributed by atoms with Crippen molar-refractivity contribution in [3.8, 4) is 0 Å². The van der Waals surface area contributed by atoms with Crippen LogP contribution in [0.25, 0.3) is 0 Å². The summed E-state index contributed by atoms with van der Waals surface area (Å²) in [5.41, 5.74) is 1.60. The van der Waals surface area contributed by atoms with Gasteiger partial charge in [-0.3, -0.25) is 4.90 Å². The van der Waals surface area contributed by atoms with Crippen LogP contribution in [0.15, 0.2) is 36.0 Å². The Bertz CT molecular complexity index is 1540. The molecule has 392 valence electrons. The van der Waals surface area contributed by atoms with E-state index < -0.39 is 5.79 Å². The lowest BCUT2D eigenvalue weighted by Gasteiger charge is -2.52. The summed E-state index contributed by atoms with van der Waals surface area (Å²) >= 11 is 0. The van der Waals surface area contributed by atoms with Crippen LogP contribution in [0.2, 0.25) is 0 Å². The molecule has 0 spiro atoms. The predicted molar refractivity (Wildman–Crippen MR) is 283 cm³/mol. The zero-order valence-electron chi connectivity index (χ0n) is 45.9. The van der Waals surface area contributed by atoms with Gasteiger partial charge in [0, 0.05) is 26.2 Å². The third-order valence-corrected chi connectivity index (χ3v) is 18.4. The molecule has 2 saturated heterocycles. The van der Waals surface area contributed by atoms with Crippen LogP contribution in [0, 0.1) is 40.9 Å². The standard InChI is InChI=1S/C61H107NO6/c1-10-11-12-13-14-15-16-17-18-19-20-21-22-23-24-27-40-64-47-51(46-62-39-38-60(8)61(9,48-62)68-57(4,5)67-60)65-43-41-63-42-44-66-59(7)37-34-52-50(45-59)29-30-54-53(52)31-32-56-55(54)33-36-58(56,6)35-26-25-28-49(2)3/h14-15,17-18,29,49,51-56H,10-13,16,19-28,30-48H2,1-9H3/b15-14-,18-17-/t51?,52?,53?,54?,55?,56?,58-,59-,60+,61-/m0/s1. The zero-order chi connectivity index (χ0) is 48.5. The van der Waals surface area contributed by atoms with Crippen molar-refractivity contribution in [1.29, 1.82) is 0 Å². The maximum absolute atomic E-state index is 6.69. The molecule has 0 aromatic carbocycles. The van der Waals surface area contributed by atoms with Gasteiger partial charge in [-0.25, -0.2) is 0 Å². The Labute approximate surface area is 419 Å². The number of hydrogen-bond acceptors (Lipinski definition) is 7. The molecule has 2 aliphatic heterocycles. The van der Waals surface area contributed by atoms with Gasteiger partial charge in [0.05, 0.1) is 44.7 Å². The van der Waals surface area contributed by atoms with Crippen molar-refractivity contribution >= 4 is 0 Å². The summed E-state index contributed by atoms with van der Waals surface area (Å²) in [5, 5.41) is 0. The Balaban J connectivity index is 0.862. The molecule has 6 aliphatic rings. The highest BCUT2D eigenvalue weighted by molar-refractivity contribution is 5.21. The molecule has 0 aromatic rings. The van der Waals surface area contributed by atoms with Crippen molar-refractivity contribution < 1.29 is 28.4 Å². The molecule has 6 unspecified atom stereocenters. The molecular weight excluding hydrogens is 843 g/mol. The number of rotatable bonds is 32. The van der Waals surface area contributed by atoms with E-state index in [2.05, 4.69) is 83.7 Å². The average Bonchev–Trinajstić information content (AvgIpc) is 3.73. The third-order valence-electron chi connectivity index (χ3n) is 18.4. The number of fused-ring (bicyclic) bond motifs is 6. The van der Waals surface area contributed by atoms with Crippen LogP contribution in [0.4, 0.5) is 0 Å². The first-order chi connectivity index (χ1) is 32.7. The lowest BCUT2D eigenvalue weighted by Crippen LogP contribution is -2.61. The van der Waals surface area contributed by atoms with Crippen LogP contribution in [-0.2, 0) is 28.4 Å². The fourth-order valence-electron chi connectivity index (χ4n) is 14.5. The van der Waals surface area contributed by atoms with Gasteiger partial charge in [0.1, 0.15) is 11.2 Å². The van der Waals surface area contributed by atoms with Crippen LogP contribution in [0.5, 0.6) is 0 Å². The number of unbranched alkanes of at least 4 members (excludes halogenated alkanes) is 10. The molecular formula is C61H107NO6. The minimum Gasteiger partial charge on any atom is -0.379 e. The van der Waals surface area contributed by atoms with Gasteiger partial charge >= 0.3 is 0 Å². The van der Waals surface area contributed by atoms with E-state index in [-0.39, 0.29) is 22.9 Å². The Kier molecular flexibility index (Phi) is 22.6. The molecule has 4 aliphatic carbocycles. The van der Waals surface area contributed by atoms with Crippen molar-refractivity contribution in [2.45, 2.75) is 252 Å². The molecule has 6 rings (SSSR count). The highest BCUT2D eigenvalue weighted by Crippen LogP contribution is 2.63. The fourth-order valence-corrected chi connectivity index (χ4v) is 14.5. The van der Waals surface area contributed by atoms with E-state index in [4.69, 9.17) is 28.4 Å². The summed E-state index contributed by atoms with van der Waals surface area (Å²) in [4.78, 5) is 2.50.